The Bertz CT molecular complexity index is 618. The van der Waals surface area contributed by atoms with Crippen LogP contribution in [0, 0.1) is 12.3 Å². The average molecular weight is 252 g/mol. The number of hydrogen-bond donors (Lipinski definition) is 0. The maximum atomic E-state index is 12.0. The van der Waals surface area contributed by atoms with E-state index in [9.17, 15) is 4.79 Å². The highest BCUT2D eigenvalue weighted by molar-refractivity contribution is 5.95. The molecule has 0 radical (unpaired) electrons. The van der Waals surface area contributed by atoms with Gasteiger partial charge in [-0.15, -0.1) is 6.42 Å². The van der Waals surface area contributed by atoms with Gasteiger partial charge in [0, 0.05) is 11.8 Å². The Morgan fingerprint density at radius 1 is 1.37 bits per heavy atom. The molecule has 0 saturated carbocycles. The lowest BCUT2D eigenvalue weighted by atomic mass is 10.1. The van der Waals surface area contributed by atoms with E-state index >= 15 is 0 Å². The maximum Gasteiger partial charge on any atom is 0.343 e. The minimum absolute atomic E-state index is 0.302. The van der Waals surface area contributed by atoms with E-state index in [1.54, 1.807) is 6.92 Å². The van der Waals surface area contributed by atoms with Gasteiger partial charge in [0.1, 0.15) is 11.9 Å². The third-order valence-electron chi connectivity index (χ3n) is 2.50. The van der Waals surface area contributed by atoms with Crippen molar-refractivity contribution in [1.29, 1.82) is 0 Å². The van der Waals surface area contributed by atoms with Gasteiger partial charge in [0.05, 0.1) is 5.69 Å². The molecule has 0 aliphatic rings. The van der Waals surface area contributed by atoms with Crippen LogP contribution in [0.3, 0.4) is 0 Å². The molecular weight excluding hydrogens is 240 g/mol. The molecule has 4 heteroatoms. The van der Waals surface area contributed by atoms with Crippen molar-refractivity contribution in [3.8, 4) is 23.6 Å². The van der Waals surface area contributed by atoms with Gasteiger partial charge < -0.3 is 4.74 Å². The molecule has 94 valence electrons. The van der Waals surface area contributed by atoms with Crippen molar-refractivity contribution in [2.45, 2.75) is 13.0 Å². The Balaban J connectivity index is 2.38. The highest BCUT2D eigenvalue weighted by Crippen LogP contribution is 2.20. The van der Waals surface area contributed by atoms with E-state index in [4.69, 9.17) is 11.2 Å². The molecule has 0 aliphatic carbocycles. The number of nitrogens with zero attached hydrogens (tertiary/aromatic N) is 2. The quantitative estimate of drug-likeness (QED) is 0.621. The monoisotopic (exact) mass is 252 g/mol. The van der Waals surface area contributed by atoms with Gasteiger partial charge in [-0.3, -0.25) is 0 Å². The van der Waals surface area contributed by atoms with Gasteiger partial charge in [-0.25, -0.2) is 14.8 Å². The molecule has 0 unspecified atom stereocenters. The van der Waals surface area contributed by atoms with E-state index < -0.39 is 12.1 Å². The molecule has 4 nitrogen and oxygen atoms in total. The molecule has 19 heavy (non-hydrogen) atoms. The fraction of sp³-hybridized carbons (Fsp3) is 0.133. The van der Waals surface area contributed by atoms with Crippen LogP contribution in [-0.2, 0) is 4.74 Å². The van der Waals surface area contributed by atoms with E-state index in [-0.39, 0.29) is 0 Å². The summed E-state index contributed by atoms with van der Waals surface area (Å²) in [5.74, 6) is 1.82. The Morgan fingerprint density at radius 3 is 2.79 bits per heavy atom. The predicted molar refractivity (Wildman–Crippen MR) is 71.2 cm³/mol. The van der Waals surface area contributed by atoms with Crippen molar-refractivity contribution in [3.05, 3.63) is 48.4 Å². The minimum Gasteiger partial charge on any atom is -0.446 e. The van der Waals surface area contributed by atoms with Crippen molar-refractivity contribution in [2.24, 2.45) is 0 Å². The third-order valence-corrected chi connectivity index (χ3v) is 2.50. The fourth-order valence-corrected chi connectivity index (χ4v) is 1.56. The van der Waals surface area contributed by atoms with Crippen LogP contribution in [0.25, 0.3) is 11.3 Å². The lowest BCUT2D eigenvalue weighted by Crippen LogP contribution is -2.14. The van der Waals surface area contributed by atoms with Crippen molar-refractivity contribution >= 4 is 5.97 Å². The highest BCUT2D eigenvalue weighted by Gasteiger charge is 2.17. The van der Waals surface area contributed by atoms with Crippen LogP contribution in [0.5, 0.6) is 0 Å². The second kappa shape index (κ2) is 5.78. The zero-order valence-corrected chi connectivity index (χ0v) is 10.4. The molecule has 1 heterocycles. The molecule has 2 aromatic rings. The van der Waals surface area contributed by atoms with Crippen LogP contribution in [0.1, 0.15) is 17.3 Å². The number of benzene rings is 1. The van der Waals surface area contributed by atoms with Crippen LogP contribution in [0.15, 0.2) is 42.9 Å². The van der Waals surface area contributed by atoms with Crippen molar-refractivity contribution < 1.29 is 9.53 Å². The smallest absolute Gasteiger partial charge is 0.343 e. The molecule has 0 amide bonds. The van der Waals surface area contributed by atoms with Crippen LogP contribution < -0.4 is 0 Å². The van der Waals surface area contributed by atoms with Crippen molar-refractivity contribution in [1.82, 2.24) is 9.97 Å². The minimum atomic E-state index is -0.587. The summed E-state index contributed by atoms with van der Waals surface area (Å²) in [5, 5.41) is 0. The Kier molecular flexibility index (Phi) is 3.89. The van der Waals surface area contributed by atoms with Gasteiger partial charge in [-0.2, -0.15) is 0 Å². The van der Waals surface area contributed by atoms with Gasteiger partial charge >= 0.3 is 5.97 Å². The normalized spacial score (nSPS) is 11.4. The van der Waals surface area contributed by atoms with E-state index in [1.807, 2.05) is 30.3 Å². The van der Waals surface area contributed by atoms with Crippen molar-refractivity contribution in [3.63, 3.8) is 0 Å². The standard InChI is InChI=1S/C15H12N2O2/c1-3-11(2)19-15(18)13-9-16-10-17-14(13)12-7-5-4-6-8-12/h1,4-11H,2H3/t11-/m1/s1. The fourth-order valence-electron chi connectivity index (χ4n) is 1.56. The summed E-state index contributed by atoms with van der Waals surface area (Å²) < 4.78 is 5.09. The first-order chi connectivity index (χ1) is 9.22. The Morgan fingerprint density at radius 2 is 2.11 bits per heavy atom. The van der Waals surface area contributed by atoms with Crippen LogP contribution in [0.4, 0.5) is 0 Å². The lowest BCUT2D eigenvalue weighted by molar-refractivity contribution is 0.0439. The second-order valence-electron chi connectivity index (χ2n) is 3.87. The van der Waals surface area contributed by atoms with Crippen LogP contribution >= 0.6 is 0 Å². The molecule has 0 N–H and O–H groups in total. The van der Waals surface area contributed by atoms with E-state index in [0.29, 0.717) is 11.3 Å². The van der Waals surface area contributed by atoms with Crippen LogP contribution in [0.2, 0.25) is 0 Å². The number of rotatable bonds is 3. The lowest BCUT2D eigenvalue weighted by Gasteiger charge is -2.10. The zero-order valence-electron chi connectivity index (χ0n) is 10.4. The SMILES string of the molecule is C#C[C@@H](C)OC(=O)c1cncnc1-c1ccccc1. The van der Waals surface area contributed by atoms with E-state index in [0.717, 1.165) is 5.56 Å². The summed E-state index contributed by atoms with van der Waals surface area (Å²) in [6, 6.07) is 9.36. The first-order valence-electron chi connectivity index (χ1n) is 5.75. The van der Waals surface area contributed by atoms with Crippen molar-refractivity contribution in [2.75, 3.05) is 0 Å². The average Bonchev–Trinajstić information content (AvgIpc) is 2.48. The molecule has 0 fully saturated rings. The number of carbonyl (C=O) groups is 1. The Labute approximate surface area is 111 Å². The Hall–Kier alpha value is -2.67. The summed E-state index contributed by atoms with van der Waals surface area (Å²) >= 11 is 0. The summed E-state index contributed by atoms with van der Waals surface area (Å²) in [5.41, 5.74) is 1.66. The summed E-state index contributed by atoms with van der Waals surface area (Å²) in [6.45, 7) is 1.63. The number of terminal acetylenes is 1. The molecule has 0 saturated heterocycles. The van der Waals surface area contributed by atoms with Gasteiger partial charge in [-0.1, -0.05) is 36.3 Å². The second-order valence-corrected chi connectivity index (χ2v) is 3.87. The van der Waals surface area contributed by atoms with Gasteiger partial charge in [0.15, 0.2) is 6.10 Å². The predicted octanol–water partition coefficient (Wildman–Crippen LogP) is 2.32. The van der Waals surface area contributed by atoms with E-state index in [2.05, 4.69) is 15.9 Å². The number of aromatic nitrogens is 2. The topological polar surface area (TPSA) is 52.1 Å². The molecular formula is C15H12N2O2. The molecule has 0 aliphatic heterocycles. The number of ether oxygens (including phenoxy) is 1. The number of hydrogen-bond acceptors (Lipinski definition) is 4. The first-order valence-corrected chi connectivity index (χ1v) is 5.75. The summed E-state index contributed by atoms with van der Waals surface area (Å²) in [6.07, 6.45) is 7.43. The third kappa shape index (κ3) is 2.96. The first kappa shape index (κ1) is 12.8. The largest absolute Gasteiger partial charge is 0.446 e. The number of carbonyl (C=O) groups excluding carboxylic acids is 1. The molecule has 2 rings (SSSR count). The highest BCUT2D eigenvalue weighted by atomic mass is 16.5. The molecule has 1 atom stereocenters. The molecule has 1 aromatic carbocycles. The molecule has 1 aromatic heterocycles. The zero-order chi connectivity index (χ0) is 13.7. The van der Waals surface area contributed by atoms with E-state index in [1.165, 1.54) is 12.5 Å². The maximum absolute atomic E-state index is 12.0. The molecule has 0 bridgehead atoms. The summed E-state index contributed by atoms with van der Waals surface area (Å²) in [4.78, 5) is 20.0. The molecule has 0 spiro atoms. The van der Waals surface area contributed by atoms with Gasteiger partial charge in [-0.05, 0) is 6.92 Å². The van der Waals surface area contributed by atoms with Crippen LogP contribution in [-0.4, -0.2) is 22.0 Å². The number of esters is 1. The van der Waals surface area contributed by atoms with Gasteiger partial charge in [0.25, 0.3) is 0 Å². The summed E-state index contributed by atoms with van der Waals surface area (Å²) in [7, 11) is 0. The van der Waals surface area contributed by atoms with Gasteiger partial charge in [0.2, 0.25) is 0 Å².